The second kappa shape index (κ2) is 4.58. The molecule has 0 saturated carbocycles. The number of nitrogens with zero attached hydrogens (tertiary/aromatic N) is 4. The molecule has 0 aliphatic heterocycles. The average molecular weight is 233 g/mol. The standard InChI is InChI=1S/C11H15N5O/c1-11(2,3)14-7-8-15-10(16-17-8)9-12-5-4-6-13-9/h4-6,14H,7H2,1-3H3. The third-order valence-electron chi connectivity index (χ3n) is 2.00. The first kappa shape index (κ1) is 11.7. The van der Waals surface area contributed by atoms with Crippen LogP contribution in [-0.4, -0.2) is 25.6 Å². The van der Waals surface area contributed by atoms with Crippen molar-refractivity contribution in [2.45, 2.75) is 32.9 Å². The Morgan fingerprint density at radius 1 is 1.18 bits per heavy atom. The van der Waals surface area contributed by atoms with Crippen LogP contribution in [0, 0.1) is 0 Å². The van der Waals surface area contributed by atoms with Gasteiger partial charge in [-0.2, -0.15) is 4.98 Å². The molecule has 0 atom stereocenters. The summed E-state index contributed by atoms with van der Waals surface area (Å²) in [7, 11) is 0. The smallest absolute Gasteiger partial charge is 0.241 e. The largest absolute Gasteiger partial charge is 0.337 e. The lowest BCUT2D eigenvalue weighted by Crippen LogP contribution is -2.35. The van der Waals surface area contributed by atoms with Gasteiger partial charge in [0.1, 0.15) is 0 Å². The maximum atomic E-state index is 5.11. The summed E-state index contributed by atoms with van der Waals surface area (Å²) >= 11 is 0. The first-order chi connectivity index (χ1) is 8.04. The van der Waals surface area contributed by atoms with Gasteiger partial charge in [-0.1, -0.05) is 5.16 Å². The van der Waals surface area contributed by atoms with E-state index in [1.54, 1.807) is 18.5 Å². The first-order valence-corrected chi connectivity index (χ1v) is 5.39. The van der Waals surface area contributed by atoms with Crippen LogP contribution in [0.4, 0.5) is 0 Å². The SMILES string of the molecule is CC(C)(C)NCc1nc(-c2ncccn2)no1. The molecule has 0 saturated heterocycles. The van der Waals surface area contributed by atoms with Gasteiger partial charge in [0.2, 0.25) is 17.5 Å². The van der Waals surface area contributed by atoms with E-state index in [1.807, 2.05) is 0 Å². The minimum atomic E-state index is 0.0118. The van der Waals surface area contributed by atoms with E-state index in [9.17, 15) is 0 Å². The van der Waals surface area contributed by atoms with Crippen molar-refractivity contribution in [2.24, 2.45) is 0 Å². The lowest BCUT2D eigenvalue weighted by atomic mass is 10.1. The van der Waals surface area contributed by atoms with Crippen molar-refractivity contribution in [3.63, 3.8) is 0 Å². The monoisotopic (exact) mass is 233 g/mol. The van der Waals surface area contributed by atoms with Crippen molar-refractivity contribution < 1.29 is 4.52 Å². The Bertz CT molecular complexity index is 474. The van der Waals surface area contributed by atoms with E-state index in [0.717, 1.165) is 0 Å². The minimum absolute atomic E-state index is 0.0118. The predicted octanol–water partition coefficient (Wildman–Crippen LogP) is 1.41. The lowest BCUT2D eigenvalue weighted by Gasteiger charge is -2.18. The van der Waals surface area contributed by atoms with Crippen molar-refractivity contribution in [1.82, 2.24) is 25.4 Å². The molecule has 6 nitrogen and oxygen atoms in total. The highest BCUT2D eigenvalue weighted by Crippen LogP contribution is 2.09. The van der Waals surface area contributed by atoms with Crippen molar-refractivity contribution in [3.8, 4) is 11.6 Å². The molecule has 1 N–H and O–H groups in total. The van der Waals surface area contributed by atoms with Gasteiger partial charge in [-0.25, -0.2) is 9.97 Å². The first-order valence-electron chi connectivity index (χ1n) is 5.39. The predicted molar refractivity (Wildman–Crippen MR) is 61.9 cm³/mol. The van der Waals surface area contributed by atoms with Crippen LogP contribution in [0.5, 0.6) is 0 Å². The zero-order chi connectivity index (χ0) is 12.3. The molecule has 0 aliphatic carbocycles. The normalized spacial score (nSPS) is 11.7. The van der Waals surface area contributed by atoms with E-state index >= 15 is 0 Å². The molecule has 17 heavy (non-hydrogen) atoms. The summed E-state index contributed by atoms with van der Waals surface area (Å²) in [4.78, 5) is 12.3. The quantitative estimate of drug-likeness (QED) is 0.863. The van der Waals surface area contributed by atoms with Crippen LogP contribution in [0.25, 0.3) is 11.6 Å². The summed E-state index contributed by atoms with van der Waals surface area (Å²) in [6.45, 7) is 6.75. The number of hydrogen-bond donors (Lipinski definition) is 1. The maximum Gasteiger partial charge on any atom is 0.241 e. The Balaban J connectivity index is 2.07. The third kappa shape index (κ3) is 3.32. The van der Waals surface area contributed by atoms with Gasteiger partial charge < -0.3 is 9.84 Å². The average Bonchev–Trinajstić information content (AvgIpc) is 2.75. The molecule has 0 radical (unpaired) electrons. The fourth-order valence-electron chi connectivity index (χ4n) is 1.17. The Kier molecular flexibility index (Phi) is 3.14. The van der Waals surface area contributed by atoms with Crippen LogP contribution in [0.2, 0.25) is 0 Å². The summed E-state index contributed by atoms with van der Waals surface area (Å²) in [5.74, 6) is 1.41. The van der Waals surface area contributed by atoms with E-state index in [1.165, 1.54) is 0 Å². The van der Waals surface area contributed by atoms with Crippen molar-refractivity contribution in [3.05, 3.63) is 24.4 Å². The molecule has 0 bridgehead atoms. The summed E-state index contributed by atoms with van der Waals surface area (Å²) in [5, 5.41) is 7.10. The molecule has 90 valence electrons. The second-order valence-corrected chi connectivity index (χ2v) is 4.69. The summed E-state index contributed by atoms with van der Waals surface area (Å²) in [6, 6.07) is 1.74. The molecule has 0 spiro atoms. The van der Waals surface area contributed by atoms with Crippen LogP contribution in [0.3, 0.4) is 0 Å². The molecule has 0 amide bonds. The highest BCUT2D eigenvalue weighted by atomic mass is 16.5. The van der Waals surface area contributed by atoms with Gasteiger partial charge in [0.05, 0.1) is 6.54 Å². The van der Waals surface area contributed by atoms with Crippen molar-refractivity contribution in [1.29, 1.82) is 0 Å². The van der Waals surface area contributed by atoms with E-state index in [2.05, 4.69) is 46.2 Å². The Morgan fingerprint density at radius 2 is 1.88 bits per heavy atom. The minimum Gasteiger partial charge on any atom is -0.337 e. The van der Waals surface area contributed by atoms with Crippen LogP contribution in [0.15, 0.2) is 23.0 Å². The zero-order valence-electron chi connectivity index (χ0n) is 10.1. The Morgan fingerprint density at radius 3 is 2.53 bits per heavy atom. The fraction of sp³-hybridized carbons (Fsp3) is 0.455. The van der Waals surface area contributed by atoms with E-state index < -0.39 is 0 Å². The lowest BCUT2D eigenvalue weighted by molar-refractivity contribution is 0.336. The van der Waals surface area contributed by atoms with Gasteiger partial charge in [0.15, 0.2) is 0 Å². The molecule has 2 rings (SSSR count). The molecule has 2 aromatic rings. The second-order valence-electron chi connectivity index (χ2n) is 4.69. The van der Waals surface area contributed by atoms with E-state index in [-0.39, 0.29) is 5.54 Å². The Labute approximate surface area is 99.5 Å². The van der Waals surface area contributed by atoms with Gasteiger partial charge in [-0.05, 0) is 26.8 Å². The number of rotatable bonds is 3. The molecule has 0 fully saturated rings. The van der Waals surface area contributed by atoms with Crippen LogP contribution in [0.1, 0.15) is 26.7 Å². The maximum absolute atomic E-state index is 5.11. The highest BCUT2D eigenvalue weighted by molar-refractivity contribution is 5.40. The van der Waals surface area contributed by atoms with Gasteiger partial charge >= 0.3 is 0 Å². The summed E-state index contributed by atoms with van der Waals surface area (Å²) in [6.07, 6.45) is 3.29. The molecule has 0 unspecified atom stereocenters. The van der Waals surface area contributed by atoms with Crippen LogP contribution in [-0.2, 0) is 6.54 Å². The zero-order valence-corrected chi connectivity index (χ0v) is 10.1. The molecule has 2 aromatic heterocycles. The van der Waals surface area contributed by atoms with Gasteiger partial charge in [-0.15, -0.1) is 0 Å². The molecular weight excluding hydrogens is 218 g/mol. The fourth-order valence-corrected chi connectivity index (χ4v) is 1.17. The third-order valence-corrected chi connectivity index (χ3v) is 2.00. The molecule has 6 heteroatoms. The molecule has 0 aliphatic rings. The van der Waals surface area contributed by atoms with E-state index in [4.69, 9.17) is 4.52 Å². The highest BCUT2D eigenvalue weighted by Gasteiger charge is 2.13. The molecule has 0 aromatic carbocycles. The van der Waals surface area contributed by atoms with Crippen LogP contribution < -0.4 is 5.32 Å². The van der Waals surface area contributed by atoms with Crippen molar-refractivity contribution in [2.75, 3.05) is 0 Å². The Hall–Kier alpha value is -1.82. The topological polar surface area (TPSA) is 76.7 Å². The van der Waals surface area contributed by atoms with Gasteiger partial charge in [0.25, 0.3) is 0 Å². The number of aromatic nitrogens is 4. The number of nitrogens with one attached hydrogen (secondary N) is 1. The van der Waals surface area contributed by atoms with E-state index in [0.29, 0.717) is 24.1 Å². The van der Waals surface area contributed by atoms with Crippen LogP contribution >= 0.6 is 0 Å². The van der Waals surface area contributed by atoms with Crippen molar-refractivity contribution >= 4 is 0 Å². The number of hydrogen-bond acceptors (Lipinski definition) is 6. The summed E-state index contributed by atoms with van der Waals surface area (Å²) in [5.41, 5.74) is 0.0118. The summed E-state index contributed by atoms with van der Waals surface area (Å²) < 4.78 is 5.11. The van der Waals surface area contributed by atoms with Gasteiger partial charge in [0, 0.05) is 17.9 Å². The molecular formula is C11H15N5O. The van der Waals surface area contributed by atoms with Gasteiger partial charge in [-0.3, -0.25) is 0 Å². The molecule has 2 heterocycles.